The smallest absolute Gasteiger partial charge is 0.449 e. The summed E-state index contributed by atoms with van der Waals surface area (Å²) in [4.78, 5) is 39.2. The lowest BCUT2D eigenvalue weighted by atomic mass is 10.2. The second-order valence-corrected chi connectivity index (χ2v) is 10.7. The van der Waals surface area contributed by atoms with Crippen molar-refractivity contribution in [2.24, 2.45) is 5.92 Å². The first-order valence-electron chi connectivity index (χ1n) is 13.1. The van der Waals surface area contributed by atoms with Gasteiger partial charge < -0.3 is 24.2 Å². The van der Waals surface area contributed by atoms with Crippen LogP contribution in [-0.2, 0) is 20.7 Å². The third-order valence-electron chi connectivity index (χ3n) is 6.45. The summed E-state index contributed by atoms with van der Waals surface area (Å²) in [5, 5.41) is 16.3. The Kier molecular flexibility index (Phi) is 9.11. The Morgan fingerprint density at radius 1 is 1.23 bits per heavy atom. The van der Waals surface area contributed by atoms with Gasteiger partial charge in [0, 0.05) is 23.9 Å². The van der Waals surface area contributed by atoms with Crippen LogP contribution in [0.3, 0.4) is 0 Å². The van der Waals surface area contributed by atoms with Crippen molar-refractivity contribution in [3.63, 3.8) is 0 Å². The van der Waals surface area contributed by atoms with Crippen molar-refractivity contribution in [3.05, 3.63) is 10.9 Å². The highest BCUT2D eigenvalue weighted by molar-refractivity contribution is 7.18. The zero-order valence-electron chi connectivity index (χ0n) is 22.3. The summed E-state index contributed by atoms with van der Waals surface area (Å²) >= 11 is 1.46. The molecule has 15 heteroatoms. The van der Waals surface area contributed by atoms with Gasteiger partial charge in [-0.3, -0.25) is 20.4 Å². The number of nitrogens with one attached hydrogen (secondary N) is 2. The van der Waals surface area contributed by atoms with Crippen molar-refractivity contribution in [2.75, 3.05) is 50.8 Å². The van der Waals surface area contributed by atoms with E-state index in [9.17, 15) is 22.8 Å². The lowest BCUT2D eigenvalue weighted by Gasteiger charge is -2.37. The fourth-order valence-corrected chi connectivity index (χ4v) is 5.47. The number of piperazine rings is 1. The number of amidine groups is 2. The maximum absolute atomic E-state index is 13.1. The number of hydrogen-bond acceptors (Lipinski definition) is 10. The molecule has 3 heterocycles. The van der Waals surface area contributed by atoms with Gasteiger partial charge in [0.1, 0.15) is 29.6 Å². The monoisotopic (exact) mass is 583 g/mol. The minimum atomic E-state index is -4.85. The van der Waals surface area contributed by atoms with Crippen molar-refractivity contribution in [2.45, 2.75) is 45.7 Å². The molecule has 1 saturated heterocycles. The van der Waals surface area contributed by atoms with Crippen molar-refractivity contribution < 1.29 is 32.2 Å². The fourth-order valence-electron chi connectivity index (χ4n) is 4.36. The van der Waals surface area contributed by atoms with Crippen LogP contribution in [0.4, 0.5) is 19.0 Å². The molecule has 0 radical (unpaired) electrons. The summed E-state index contributed by atoms with van der Waals surface area (Å²) in [6.07, 6.45) is -1.55. The van der Waals surface area contributed by atoms with Crippen LogP contribution in [0.5, 0.6) is 6.01 Å². The minimum absolute atomic E-state index is 0.0162. The van der Waals surface area contributed by atoms with E-state index in [-0.39, 0.29) is 69.6 Å². The highest BCUT2D eigenvalue weighted by Gasteiger charge is 2.41. The molecule has 40 heavy (non-hydrogen) atoms. The zero-order chi connectivity index (χ0) is 29.0. The lowest BCUT2D eigenvalue weighted by molar-refractivity contribution is -0.149. The van der Waals surface area contributed by atoms with Gasteiger partial charge >= 0.3 is 18.2 Å². The van der Waals surface area contributed by atoms with E-state index in [1.807, 2.05) is 13.0 Å². The first-order valence-corrected chi connectivity index (χ1v) is 14.0. The number of carbonyl (C=O) groups is 2. The van der Waals surface area contributed by atoms with Crippen LogP contribution in [0.2, 0.25) is 0 Å². The Balaban J connectivity index is 1.52. The quantitative estimate of drug-likeness (QED) is 0.233. The van der Waals surface area contributed by atoms with Crippen LogP contribution in [0.25, 0.3) is 10.2 Å². The molecule has 2 fully saturated rings. The fraction of sp³-hybridized carbons (Fsp3) is 0.600. The maximum Gasteiger partial charge on any atom is 0.449 e. The molecule has 0 aromatic carbocycles. The number of ether oxygens (including phenoxy) is 2. The molecular weight excluding hydrogens is 551 g/mol. The number of fused-ring (bicyclic) bond motifs is 1. The summed E-state index contributed by atoms with van der Waals surface area (Å²) in [6, 6.07) is 1.98. The number of halogens is 3. The summed E-state index contributed by atoms with van der Waals surface area (Å²) in [5.74, 6) is -2.22. The van der Waals surface area contributed by atoms with E-state index in [1.165, 1.54) is 16.2 Å². The van der Waals surface area contributed by atoms with Crippen LogP contribution in [0.15, 0.2) is 6.07 Å². The van der Waals surface area contributed by atoms with Gasteiger partial charge in [0.15, 0.2) is 0 Å². The van der Waals surface area contributed by atoms with E-state index < -0.39 is 18.0 Å². The number of aromatic nitrogens is 2. The first-order chi connectivity index (χ1) is 19.0. The Morgan fingerprint density at radius 2 is 1.98 bits per heavy atom. The topological polar surface area (TPSA) is 136 Å². The molecule has 1 aliphatic carbocycles. The molecule has 1 saturated carbocycles. The number of thiophene rings is 1. The number of carbonyl (C=O) groups excluding carboxylic acids is 2. The van der Waals surface area contributed by atoms with Gasteiger partial charge in [-0.1, -0.05) is 13.3 Å². The Labute approximate surface area is 233 Å². The predicted octanol–water partition coefficient (Wildman–Crippen LogP) is 3.46. The molecule has 0 bridgehead atoms. The molecular formula is C25H32F3N7O4S. The number of hydrogen-bond donors (Lipinski definition) is 2. The van der Waals surface area contributed by atoms with Crippen molar-refractivity contribution in [1.82, 2.24) is 19.8 Å². The van der Waals surface area contributed by atoms with Crippen molar-refractivity contribution in [1.29, 1.82) is 10.8 Å². The Morgan fingerprint density at radius 3 is 2.60 bits per heavy atom. The number of aryl methyl sites for hydroxylation is 1. The molecule has 4 rings (SSSR count). The molecule has 2 aliphatic rings. The third kappa shape index (κ3) is 6.98. The molecule has 0 atom stereocenters. The number of anilines is 1. The van der Waals surface area contributed by atoms with Gasteiger partial charge in [-0.05, 0) is 32.3 Å². The van der Waals surface area contributed by atoms with Crippen LogP contribution in [0.1, 0.15) is 38.0 Å². The summed E-state index contributed by atoms with van der Waals surface area (Å²) in [6.45, 7) is 3.65. The van der Waals surface area contributed by atoms with Gasteiger partial charge in [-0.25, -0.2) is 0 Å². The van der Waals surface area contributed by atoms with Crippen LogP contribution in [0, 0.1) is 16.7 Å². The number of esters is 1. The average Bonchev–Trinajstić information content (AvgIpc) is 3.66. The van der Waals surface area contributed by atoms with E-state index >= 15 is 0 Å². The number of alkyl halides is 3. The SMILES string of the molecule is CCCc1cc2c(N3CCN(C(=N)C(F)(F)F)C(=N)C3)nc(OCCN(CC(=O)OCC)C(=O)C3CC3)nc2s1. The number of amides is 1. The van der Waals surface area contributed by atoms with E-state index in [2.05, 4.69) is 9.97 Å². The molecule has 0 unspecified atom stereocenters. The summed E-state index contributed by atoms with van der Waals surface area (Å²) in [7, 11) is 0. The minimum Gasteiger partial charge on any atom is -0.465 e. The van der Waals surface area contributed by atoms with Crippen LogP contribution in [-0.4, -0.2) is 95.4 Å². The number of rotatable bonds is 11. The largest absolute Gasteiger partial charge is 0.465 e. The second-order valence-electron chi connectivity index (χ2n) is 9.57. The van der Waals surface area contributed by atoms with Gasteiger partial charge in [0.05, 0.1) is 25.1 Å². The molecule has 0 spiro atoms. The van der Waals surface area contributed by atoms with E-state index in [0.29, 0.717) is 20.9 Å². The van der Waals surface area contributed by atoms with Gasteiger partial charge in [0.25, 0.3) is 0 Å². The zero-order valence-corrected chi connectivity index (χ0v) is 23.2. The molecule has 2 aromatic rings. The van der Waals surface area contributed by atoms with Gasteiger partial charge in [-0.2, -0.15) is 23.1 Å². The van der Waals surface area contributed by atoms with Crippen LogP contribution >= 0.6 is 11.3 Å². The molecule has 11 nitrogen and oxygen atoms in total. The molecule has 2 N–H and O–H groups in total. The second kappa shape index (κ2) is 12.4. The van der Waals surface area contributed by atoms with Gasteiger partial charge in [-0.15, -0.1) is 11.3 Å². The van der Waals surface area contributed by atoms with E-state index in [0.717, 1.165) is 30.6 Å². The Bertz CT molecular complexity index is 1280. The summed E-state index contributed by atoms with van der Waals surface area (Å²) < 4.78 is 50.1. The van der Waals surface area contributed by atoms with E-state index in [4.69, 9.17) is 20.3 Å². The normalized spacial score (nSPS) is 15.9. The lowest BCUT2D eigenvalue weighted by Crippen LogP contribution is -2.55. The summed E-state index contributed by atoms with van der Waals surface area (Å²) in [5.41, 5.74) is 0. The highest BCUT2D eigenvalue weighted by atomic mass is 32.1. The standard InChI is InChI=1S/C25H32F3N7O4S/c1-3-5-16-12-17-20(33-8-9-35(18(29)13-33)23(30)25(26,27)28)31-24(32-21(17)40-16)39-11-10-34(14-19(36)38-4-2)22(37)15-6-7-15/h12,15,29-30H,3-11,13-14H2,1-2H3. The average molecular weight is 584 g/mol. The van der Waals surface area contributed by atoms with Crippen molar-refractivity contribution in [3.8, 4) is 6.01 Å². The van der Waals surface area contributed by atoms with Crippen molar-refractivity contribution >= 4 is 50.9 Å². The van der Waals surface area contributed by atoms with E-state index in [1.54, 1.807) is 11.8 Å². The number of nitrogens with zero attached hydrogens (tertiary/aromatic N) is 5. The molecule has 218 valence electrons. The molecule has 1 aliphatic heterocycles. The van der Waals surface area contributed by atoms with Gasteiger partial charge in [0.2, 0.25) is 11.7 Å². The molecule has 1 amide bonds. The molecule has 2 aromatic heterocycles. The predicted molar refractivity (Wildman–Crippen MR) is 143 cm³/mol. The maximum atomic E-state index is 13.1. The first kappa shape index (κ1) is 29.5. The van der Waals surface area contributed by atoms with Crippen LogP contribution < -0.4 is 9.64 Å². The third-order valence-corrected chi connectivity index (χ3v) is 7.54. The highest BCUT2D eigenvalue weighted by Crippen LogP contribution is 2.34. The Hall–Kier alpha value is -3.49.